The number of carbonyl (C=O) groups excluding carboxylic acids is 1. The number of esters is 1. The van der Waals surface area contributed by atoms with Crippen molar-refractivity contribution in [2.75, 3.05) is 19.0 Å². The van der Waals surface area contributed by atoms with Crippen LogP contribution in [0.5, 0.6) is 0 Å². The SMILES string of the molecule is COC(=O)CC1(C)CNc2ccc(F)cc21. The van der Waals surface area contributed by atoms with Gasteiger partial charge in [-0.1, -0.05) is 6.92 Å². The molecule has 1 atom stereocenters. The lowest BCUT2D eigenvalue weighted by Crippen LogP contribution is -2.28. The first-order chi connectivity index (χ1) is 7.55. The second kappa shape index (κ2) is 3.77. The van der Waals surface area contributed by atoms with Crippen molar-refractivity contribution in [3.8, 4) is 0 Å². The number of hydrogen-bond acceptors (Lipinski definition) is 3. The number of nitrogens with one attached hydrogen (secondary N) is 1. The Morgan fingerprint density at radius 1 is 1.62 bits per heavy atom. The quantitative estimate of drug-likeness (QED) is 0.780. The van der Waals surface area contributed by atoms with Crippen molar-refractivity contribution in [1.82, 2.24) is 0 Å². The summed E-state index contributed by atoms with van der Waals surface area (Å²) in [6, 6.07) is 4.60. The summed E-state index contributed by atoms with van der Waals surface area (Å²) in [4.78, 5) is 11.3. The molecule has 0 saturated heterocycles. The van der Waals surface area contributed by atoms with Gasteiger partial charge < -0.3 is 10.1 Å². The van der Waals surface area contributed by atoms with Crippen molar-refractivity contribution in [3.63, 3.8) is 0 Å². The third kappa shape index (κ3) is 1.75. The van der Waals surface area contributed by atoms with E-state index in [1.54, 1.807) is 6.07 Å². The minimum Gasteiger partial charge on any atom is -0.469 e. The van der Waals surface area contributed by atoms with E-state index in [0.717, 1.165) is 11.3 Å². The zero-order valence-electron chi connectivity index (χ0n) is 9.34. The van der Waals surface area contributed by atoms with Gasteiger partial charge in [0.15, 0.2) is 0 Å². The summed E-state index contributed by atoms with van der Waals surface area (Å²) < 4.78 is 17.8. The number of carbonyl (C=O) groups is 1. The van der Waals surface area contributed by atoms with E-state index in [2.05, 4.69) is 10.1 Å². The van der Waals surface area contributed by atoms with E-state index in [1.807, 2.05) is 6.92 Å². The minimum atomic E-state index is -0.384. The normalized spacial score (nSPS) is 22.4. The van der Waals surface area contributed by atoms with Crippen LogP contribution in [0.2, 0.25) is 0 Å². The second-order valence-electron chi connectivity index (χ2n) is 4.36. The monoisotopic (exact) mass is 223 g/mol. The molecule has 1 N–H and O–H groups in total. The zero-order chi connectivity index (χ0) is 11.8. The molecule has 1 aliphatic rings. The van der Waals surface area contributed by atoms with E-state index in [-0.39, 0.29) is 23.6 Å². The number of anilines is 1. The lowest BCUT2D eigenvalue weighted by molar-refractivity contribution is -0.141. The average molecular weight is 223 g/mol. The van der Waals surface area contributed by atoms with Crippen LogP contribution < -0.4 is 5.32 Å². The zero-order valence-corrected chi connectivity index (χ0v) is 9.34. The number of benzene rings is 1. The third-order valence-electron chi connectivity index (χ3n) is 3.06. The first-order valence-corrected chi connectivity index (χ1v) is 5.16. The average Bonchev–Trinajstić information content (AvgIpc) is 2.56. The molecule has 0 aliphatic carbocycles. The molecule has 0 saturated carbocycles. The van der Waals surface area contributed by atoms with Crippen molar-refractivity contribution in [3.05, 3.63) is 29.6 Å². The Morgan fingerprint density at radius 3 is 3.06 bits per heavy atom. The Morgan fingerprint density at radius 2 is 2.38 bits per heavy atom. The van der Waals surface area contributed by atoms with Gasteiger partial charge in [-0.25, -0.2) is 4.39 Å². The van der Waals surface area contributed by atoms with Gasteiger partial charge in [0.2, 0.25) is 0 Å². The molecule has 2 rings (SSSR count). The molecule has 0 spiro atoms. The molecule has 1 aliphatic heterocycles. The maximum absolute atomic E-state index is 13.2. The van der Waals surface area contributed by atoms with Gasteiger partial charge in [-0.3, -0.25) is 4.79 Å². The van der Waals surface area contributed by atoms with Gasteiger partial charge >= 0.3 is 5.97 Å². The molecule has 0 bridgehead atoms. The minimum absolute atomic E-state index is 0.257. The lowest BCUT2D eigenvalue weighted by atomic mass is 9.81. The Labute approximate surface area is 93.6 Å². The van der Waals surface area contributed by atoms with Crippen LogP contribution in [0.3, 0.4) is 0 Å². The molecule has 1 heterocycles. The fourth-order valence-electron chi connectivity index (χ4n) is 2.10. The lowest BCUT2D eigenvalue weighted by Gasteiger charge is -2.22. The van der Waals surface area contributed by atoms with E-state index in [0.29, 0.717) is 6.54 Å². The van der Waals surface area contributed by atoms with Crippen molar-refractivity contribution >= 4 is 11.7 Å². The maximum atomic E-state index is 13.2. The van der Waals surface area contributed by atoms with Gasteiger partial charge in [0.1, 0.15) is 5.82 Å². The van der Waals surface area contributed by atoms with Crippen LogP contribution >= 0.6 is 0 Å². The molecule has 1 aromatic carbocycles. The van der Waals surface area contributed by atoms with Crippen LogP contribution in [-0.2, 0) is 14.9 Å². The first-order valence-electron chi connectivity index (χ1n) is 5.16. The number of halogens is 1. The molecule has 0 fully saturated rings. The summed E-state index contributed by atoms with van der Waals surface area (Å²) in [6.07, 6.45) is 0.257. The number of methoxy groups -OCH3 is 1. The van der Waals surface area contributed by atoms with Gasteiger partial charge in [-0.2, -0.15) is 0 Å². The molecule has 0 amide bonds. The Kier molecular flexibility index (Phi) is 2.58. The van der Waals surface area contributed by atoms with Gasteiger partial charge in [-0.05, 0) is 23.8 Å². The number of hydrogen-bond donors (Lipinski definition) is 1. The highest BCUT2D eigenvalue weighted by atomic mass is 19.1. The van der Waals surface area contributed by atoms with Crippen LogP contribution in [0.25, 0.3) is 0 Å². The van der Waals surface area contributed by atoms with Crippen LogP contribution in [-0.4, -0.2) is 19.6 Å². The number of rotatable bonds is 2. The number of fused-ring (bicyclic) bond motifs is 1. The van der Waals surface area contributed by atoms with Crippen LogP contribution in [0, 0.1) is 5.82 Å². The fourth-order valence-corrected chi connectivity index (χ4v) is 2.10. The maximum Gasteiger partial charge on any atom is 0.306 e. The molecule has 1 aromatic rings. The third-order valence-corrected chi connectivity index (χ3v) is 3.06. The molecule has 16 heavy (non-hydrogen) atoms. The number of ether oxygens (including phenoxy) is 1. The Balaban J connectivity index is 2.33. The topological polar surface area (TPSA) is 38.3 Å². The highest BCUT2D eigenvalue weighted by Crippen LogP contribution is 2.39. The highest BCUT2D eigenvalue weighted by molar-refractivity contribution is 5.74. The van der Waals surface area contributed by atoms with Gasteiger partial charge in [0, 0.05) is 17.6 Å². The molecular formula is C12H14FNO2. The molecule has 1 unspecified atom stereocenters. The molecule has 3 nitrogen and oxygen atoms in total. The summed E-state index contributed by atoms with van der Waals surface area (Å²) in [7, 11) is 1.36. The smallest absolute Gasteiger partial charge is 0.306 e. The molecular weight excluding hydrogens is 209 g/mol. The van der Waals surface area contributed by atoms with Crippen molar-refractivity contribution in [2.45, 2.75) is 18.8 Å². The second-order valence-corrected chi connectivity index (χ2v) is 4.36. The van der Waals surface area contributed by atoms with E-state index in [4.69, 9.17) is 0 Å². The molecule has 0 aromatic heterocycles. The Hall–Kier alpha value is -1.58. The summed E-state index contributed by atoms with van der Waals surface area (Å²) >= 11 is 0. The molecule has 86 valence electrons. The molecule has 0 radical (unpaired) electrons. The van der Waals surface area contributed by atoms with Gasteiger partial charge in [-0.15, -0.1) is 0 Å². The summed E-state index contributed by atoms with van der Waals surface area (Å²) in [5.74, 6) is -0.556. The van der Waals surface area contributed by atoms with Crippen molar-refractivity contribution in [1.29, 1.82) is 0 Å². The van der Waals surface area contributed by atoms with Crippen LogP contribution in [0.15, 0.2) is 18.2 Å². The summed E-state index contributed by atoms with van der Waals surface area (Å²) in [5.41, 5.74) is 1.36. The van der Waals surface area contributed by atoms with E-state index < -0.39 is 0 Å². The Bertz CT molecular complexity index is 433. The highest BCUT2D eigenvalue weighted by Gasteiger charge is 2.37. The van der Waals surface area contributed by atoms with Gasteiger partial charge in [0.25, 0.3) is 0 Å². The standard InChI is InChI=1S/C12H14FNO2/c1-12(6-11(15)16-2)7-14-10-4-3-8(13)5-9(10)12/h3-5,14H,6-7H2,1-2H3. The first kappa shape index (κ1) is 10.9. The van der Waals surface area contributed by atoms with Crippen molar-refractivity contribution in [2.24, 2.45) is 0 Å². The predicted molar refractivity (Wildman–Crippen MR) is 58.9 cm³/mol. The molecule has 4 heteroatoms. The predicted octanol–water partition coefficient (Wildman–Crippen LogP) is 2.07. The summed E-state index contributed by atoms with van der Waals surface area (Å²) in [5, 5.41) is 3.17. The van der Waals surface area contributed by atoms with Crippen LogP contribution in [0.1, 0.15) is 18.9 Å². The van der Waals surface area contributed by atoms with Crippen LogP contribution in [0.4, 0.5) is 10.1 Å². The van der Waals surface area contributed by atoms with Crippen molar-refractivity contribution < 1.29 is 13.9 Å². The van der Waals surface area contributed by atoms with Gasteiger partial charge in [0.05, 0.1) is 13.5 Å². The van der Waals surface area contributed by atoms with E-state index in [1.165, 1.54) is 19.2 Å². The van der Waals surface area contributed by atoms with E-state index in [9.17, 15) is 9.18 Å². The fraction of sp³-hybridized carbons (Fsp3) is 0.417. The van der Waals surface area contributed by atoms with E-state index >= 15 is 0 Å². The largest absolute Gasteiger partial charge is 0.469 e. The summed E-state index contributed by atoms with van der Waals surface area (Å²) in [6.45, 7) is 2.56.